The van der Waals surface area contributed by atoms with Crippen LogP contribution in [0.3, 0.4) is 0 Å². The first-order valence-corrected chi connectivity index (χ1v) is 8.97. The van der Waals surface area contributed by atoms with Crippen molar-refractivity contribution >= 4 is 21.6 Å². The Morgan fingerprint density at radius 3 is 2.52 bits per heavy atom. The summed E-state index contributed by atoms with van der Waals surface area (Å²) in [5.74, 6) is -0.170. The van der Waals surface area contributed by atoms with Gasteiger partial charge in [-0.25, -0.2) is 17.9 Å². The molecule has 0 spiro atoms. The van der Waals surface area contributed by atoms with Gasteiger partial charge in [-0.2, -0.15) is 0 Å². The van der Waals surface area contributed by atoms with Gasteiger partial charge in [0.15, 0.2) is 0 Å². The molecule has 118 valence electrons. The molecule has 1 aliphatic rings. The lowest BCUT2D eigenvalue weighted by atomic mass is 9.76. The number of hydrogen-bond donors (Lipinski definition) is 1. The number of rotatable bonds is 5. The second-order valence-electron chi connectivity index (χ2n) is 5.73. The van der Waals surface area contributed by atoms with Crippen molar-refractivity contribution in [3.05, 3.63) is 29.0 Å². The van der Waals surface area contributed by atoms with E-state index in [4.69, 9.17) is 21.5 Å². The van der Waals surface area contributed by atoms with Crippen LogP contribution in [0.5, 0.6) is 5.75 Å². The molecule has 0 unspecified atom stereocenters. The molecule has 0 radical (unpaired) electrons. The fourth-order valence-corrected chi connectivity index (χ4v) is 4.26. The minimum atomic E-state index is -3.57. The highest BCUT2D eigenvalue weighted by atomic mass is 35.5. The number of nitrogens with two attached hydrogens (primary N) is 1. The molecule has 0 heterocycles. The molecule has 4 nitrogen and oxygen atoms in total. The van der Waals surface area contributed by atoms with Gasteiger partial charge in [0.25, 0.3) is 0 Å². The van der Waals surface area contributed by atoms with Gasteiger partial charge < -0.3 is 4.74 Å². The van der Waals surface area contributed by atoms with Crippen LogP contribution < -0.4 is 9.88 Å². The van der Waals surface area contributed by atoms with Crippen LogP contribution in [0.4, 0.5) is 4.39 Å². The maximum absolute atomic E-state index is 13.1. The molecule has 0 aliphatic heterocycles. The van der Waals surface area contributed by atoms with Gasteiger partial charge in [0, 0.05) is 11.5 Å². The summed E-state index contributed by atoms with van der Waals surface area (Å²) in [6.07, 6.45) is 4.54. The third-order valence-corrected chi connectivity index (χ3v) is 5.16. The van der Waals surface area contributed by atoms with E-state index in [9.17, 15) is 12.8 Å². The van der Waals surface area contributed by atoms with E-state index in [2.05, 4.69) is 0 Å². The maximum Gasteiger partial charge on any atom is 0.209 e. The summed E-state index contributed by atoms with van der Waals surface area (Å²) in [5.41, 5.74) is -0.466. The zero-order valence-corrected chi connectivity index (χ0v) is 13.2. The average molecular weight is 336 g/mol. The number of sulfonamides is 1. The van der Waals surface area contributed by atoms with E-state index in [1.165, 1.54) is 18.2 Å². The summed E-state index contributed by atoms with van der Waals surface area (Å²) < 4.78 is 41.7. The van der Waals surface area contributed by atoms with Crippen LogP contribution in [-0.4, -0.2) is 20.8 Å². The Morgan fingerprint density at radius 2 is 1.95 bits per heavy atom. The van der Waals surface area contributed by atoms with Crippen molar-refractivity contribution in [3.63, 3.8) is 0 Å². The van der Waals surface area contributed by atoms with Crippen molar-refractivity contribution in [2.24, 2.45) is 10.6 Å². The van der Waals surface area contributed by atoms with Gasteiger partial charge in [-0.3, -0.25) is 0 Å². The lowest BCUT2D eigenvalue weighted by molar-refractivity contribution is 0.118. The lowest BCUT2D eigenvalue weighted by Gasteiger charge is -2.36. The molecule has 7 heteroatoms. The van der Waals surface area contributed by atoms with Gasteiger partial charge in [-0.1, -0.05) is 30.9 Å². The zero-order chi connectivity index (χ0) is 15.5. The van der Waals surface area contributed by atoms with Crippen LogP contribution in [-0.2, 0) is 10.0 Å². The van der Waals surface area contributed by atoms with Gasteiger partial charge in [0.05, 0.1) is 17.4 Å². The Balaban J connectivity index is 2.10. The summed E-state index contributed by atoms with van der Waals surface area (Å²) in [5, 5.41) is 5.19. The standard InChI is InChI=1S/C14H19ClFNO3S/c15-12-8-11(4-5-13(12)16)20-9-14(10-21(17,18)19)6-2-1-3-7-14/h4-5,8H,1-3,6-7,9-10H2,(H2,17,18,19). The van der Waals surface area contributed by atoms with Crippen LogP contribution in [0.15, 0.2) is 18.2 Å². The Bertz CT molecular complexity index is 600. The van der Waals surface area contributed by atoms with Crippen LogP contribution in [0, 0.1) is 11.2 Å². The second kappa shape index (κ2) is 6.50. The molecule has 0 bridgehead atoms. The van der Waals surface area contributed by atoms with Crippen LogP contribution >= 0.6 is 11.6 Å². The highest BCUT2D eigenvalue weighted by molar-refractivity contribution is 7.89. The average Bonchev–Trinajstić information content (AvgIpc) is 2.39. The Morgan fingerprint density at radius 1 is 1.29 bits per heavy atom. The number of halogens is 2. The quantitative estimate of drug-likeness (QED) is 0.898. The summed E-state index contributed by atoms with van der Waals surface area (Å²) in [7, 11) is -3.57. The fraction of sp³-hybridized carbons (Fsp3) is 0.571. The molecule has 2 rings (SSSR count). The molecule has 0 saturated heterocycles. The van der Waals surface area contributed by atoms with Crippen LogP contribution in [0.2, 0.25) is 5.02 Å². The van der Waals surface area contributed by atoms with Gasteiger partial charge in [-0.05, 0) is 25.0 Å². The van der Waals surface area contributed by atoms with E-state index in [0.29, 0.717) is 5.75 Å². The van der Waals surface area contributed by atoms with E-state index in [1.54, 1.807) is 0 Å². The molecule has 1 aromatic rings. The molecule has 1 saturated carbocycles. The molecular formula is C14H19ClFNO3S. The van der Waals surface area contributed by atoms with E-state index in [-0.39, 0.29) is 17.4 Å². The normalized spacial score (nSPS) is 18.4. The summed E-state index contributed by atoms with van der Waals surface area (Å²) in [4.78, 5) is 0. The monoisotopic (exact) mass is 335 g/mol. The number of benzene rings is 1. The second-order valence-corrected chi connectivity index (χ2v) is 7.75. The number of hydrogen-bond acceptors (Lipinski definition) is 3. The van der Waals surface area contributed by atoms with Gasteiger partial charge in [0.2, 0.25) is 10.0 Å². The first kappa shape index (κ1) is 16.5. The third kappa shape index (κ3) is 4.83. The van der Waals surface area contributed by atoms with Gasteiger partial charge >= 0.3 is 0 Å². The van der Waals surface area contributed by atoms with Crippen molar-refractivity contribution in [2.75, 3.05) is 12.4 Å². The Labute approximate surface area is 129 Å². The topological polar surface area (TPSA) is 69.4 Å². The summed E-state index contributed by atoms with van der Waals surface area (Å²) >= 11 is 5.71. The van der Waals surface area contributed by atoms with Gasteiger partial charge in [-0.15, -0.1) is 0 Å². The van der Waals surface area contributed by atoms with Crippen molar-refractivity contribution in [2.45, 2.75) is 32.1 Å². The predicted molar refractivity (Wildman–Crippen MR) is 80.4 cm³/mol. The van der Waals surface area contributed by atoms with E-state index in [1.807, 2.05) is 0 Å². The van der Waals surface area contributed by atoms with Crippen molar-refractivity contribution in [1.82, 2.24) is 0 Å². The van der Waals surface area contributed by atoms with Crippen LogP contribution in [0.1, 0.15) is 32.1 Å². The van der Waals surface area contributed by atoms with Crippen molar-refractivity contribution in [1.29, 1.82) is 0 Å². The molecule has 2 N–H and O–H groups in total. The van der Waals surface area contributed by atoms with E-state index in [0.717, 1.165) is 32.1 Å². The maximum atomic E-state index is 13.1. The summed E-state index contributed by atoms with van der Waals surface area (Å²) in [6.45, 7) is 0.241. The first-order valence-electron chi connectivity index (χ1n) is 6.88. The highest BCUT2D eigenvalue weighted by Gasteiger charge is 2.36. The van der Waals surface area contributed by atoms with Crippen molar-refractivity contribution < 1.29 is 17.5 Å². The summed E-state index contributed by atoms with van der Waals surface area (Å²) in [6, 6.07) is 4.10. The highest BCUT2D eigenvalue weighted by Crippen LogP contribution is 2.38. The molecule has 1 aromatic carbocycles. The minimum absolute atomic E-state index is 0.0170. The molecule has 0 atom stereocenters. The van der Waals surface area contributed by atoms with Gasteiger partial charge in [0.1, 0.15) is 11.6 Å². The van der Waals surface area contributed by atoms with Crippen LogP contribution in [0.25, 0.3) is 0 Å². The predicted octanol–water partition coefficient (Wildman–Crippen LogP) is 3.10. The first-order chi connectivity index (χ1) is 9.80. The molecule has 0 amide bonds. The molecule has 21 heavy (non-hydrogen) atoms. The molecular weight excluding hydrogens is 317 g/mol. The SMILES string of the molecule is NS(=O)(=O)CC1(COc2ccc(F)c(Cl)c2)CCCCC1. The van der Waals surface area contributed by atoms with E-state index < -0.39 is 21.3 Å². The fourth-order valence-electron chi connectivity index (χ4n) is 2.86. The number of primary sulfonamides is 1. The largest absolute Gasteiger partial charge is 0.493 e. The minimum Gasteiger partial charge on any atom is -0.493 e. The molecule has 1 fully saturated rings. The zero-order valence-electron chi connectivity index (χ0n) is 11.6. The third-order valence-electron chi connectivity index (χ3n) is 3.86. The molecule has 0 aromatic heterocycles. The molecule has 1 aliphatic carbocycles. The lowest BCUT2D eigenvalue weighted by Crippen LogP contribution is -2.40. The van der Waals surface area contributed by atoms with Crippen molar-refractivity contribution in [3.8, 4) is 5.75 Å². The number of ether oxygens (including phenoxy) is 1. The smallest absolute Gasteiger partial charge is 0.209 e. The Kier molecular flexibility index (Phi) is 5.11. The van der Waals surface area contributed by atoms with E-state index >= 15 is 0 Å². The Hall–Kier alpha value is -0.850.